The molecule has 1 N–H and O–H groups in total. The van der Waals surface area contributed by atoms with Gasteiger partial charge < -0.3 is 5.32 Å². The van der Waals surface area contributed by atoms with E-state index in [0.717, 1.165) is 24.9 Å². The maximum absolute atomic E-state index is 14.4. The quantitative estimate of drug-likeness (QED) is 0.859. The van der Waals surface area contributed by atoms with Gasteiger partial charge in [0.05, 0.1) is 5.02 Å². The normalized spacial score (nSPS) is 27.2. The van der Waals surface area contributed by atoms with E-state index in [1.165, 1.54) is 0 Å². The molecule has 106 valence electrons. The van der Waals surface area contributed by atoms with E-state index in [1.807, 2.05) is 12.1 Å². The van der Waals surface area contributed by atoms with Crippen molar-refractivity contribution in [1.82, 2.24) is 5.32 Å². The molecule has 1 aromatic rings. The standard InChI is InChI=1S/C16H23ClFN/c1-11-8-9-16(11,10-19-15(2,3)4)12-6-5-7-13(17)14(12)18/h5-7,11,19H,8-10H2,1-4H3. The van der Waals surface area contributed by atoms with E-state index in [4.69, 9.17) is 11.6 Å². The first-order chi connectivity index (χ1) is 8.76. The first-order valence-corrected chi connectivity index (χ1v) is 7.33. The molecule has 2 rings (SSSR count). The first-order valence-electron chi connectivity index (χ1n) is 6.96. The summed E-state index contributed by atoms with van der Waals surface area (Å²) in [5.41, 5.74) is 0.704. The summed E-state index contributed by atoms with van der Waals surface area (Å²) in [6.45, 7) is 9.41. The summed E-state index contributed by atoms with van der Waals surface area (Å²) in [7, 11) is 0. The minimum absolute atomic E-state index is 0.0390. The number of halogens is 2. The number of hydrogen-bond acceptors (Lipinski definition) is 1. The zero-order chi connectivity index (χ0) is 14.3. The van der Waals surface area contributed by atoms with Crippen LogP contribution in [0.2, 0.25) is 5.02 Å². The highest BCUT2D eigenvalue weighted by molar-refractivity contribution is 6.30. The van der Waals surface area contributed by atoms with Gasteiger partial charge in [-0.05, 0) is 51.2 Å². The van der Waals surface area contributed by atoms with E-state index in [1.54, 1.807) is 6.07 Å². The molecule has 0 radical (unpaired) electrons. The molecule has 1 nitrogen and oxygen atoms in total. The molecule has 0 aliphatic heterocycles. The Hall–Kier alpha value is -0.600. The second-order valence-corrected chi connectivity index (χ2v) is 7.21. The van der Waals surface area contributed by atoms with Crippen molar-refractivity contribution in [3.05, 3.63) is 34.6 Å². The van der Waals surface area contributed by atoms with Crippen molar-refractivity contribution in [1.29, 1.82) is 0 Å². The summed E-state index contributed by atoms with van der Waals surface area (Å²) in [5.74, 6) is 0.238. The molecule has 2 atom stereocenters. The van der Waals surface area contributed by atoms with E-state index in [2.05, 4.69) is 33.0 Å². The zero-order valence-corrected chi connectivity index (χ0v) is 12.9. The van der Waals surface area contributed by atoms with E-state index in [0.29, 0.717) is 5.92 Å². The Morgan fingerprint density at radius 2 is 2.11 bits per heavy atom. The van der Waals surface area contributed by atoms with Gasteiger partial charge in [0.25, 0.3) is 0 Å². The average Bonchev–Trinajstić information content (AvgIpc) is 2.31. The second kappa shape index (κ2) is 5.06. The van der Waals surface area contributed by atoms with Crippen LogP contribution in [0, 0.1) is 11.7 Å². The Morgan fingerprint density at radius 3 is 2.58 bits per heavy atom. The van der Waals surface area contributed by atoms with Crippen LogP contribution < -0.4 is 5.32 Å². The van der Waals surface area contributed by atoms with Gasteiger partial charge in [-0.15, -0.1) is 0 Å². The molecule has 1 aliphatic rings. The highest BCUT2D eigenvalue weighted by atomic mass is 35.5. The third-order valence-corrected chi connectivity index (χ3v) is 4.68. The lowest BCUT2D eigenvalue weighted by Gasteiger charge is -2.50. The summed E-state index contributed by atoms with van der Waals surface area (Å²) in [6.07, 6.45) is 2.17. The van der Waals surface area contributed by atoms with Gasteiger partial charge in [-0.25, -0.2) is 4.39 Å². The highest BCUT2D eigenvalue weighted by Gasteiger charge is 2.47. The number of nitrogens with one attached hydrogen (secondary N) is 1. The SMILES string of the molecule is CC1CCC1(CNC(C)(C)C)c1cccc(Cl)c1F. The minimum Gasteiger partial charge on any atom is -0.311 e. The Labute approximate surface area is 120 Å². The van der Waals surface area contributed by atoms with Crippen molar-refractivity contribution in [2.45, 2.75) is 51.5 Å². The number of hydrogen-bond donors (Lipinski definition) is 1. The van der Waals surface area contributed by atoms with Gasteiger partial charge in [0.2, 0.25) is 0 Å². The predicted octanol–water partition coefficient (Wildman–Crippen LogP) is 4.53. The summed E-state index contributed by atoms with van der Waals surface area (Å²) in [5, 5.41) is 3.76. The monoisotopic (exact) mass is 283 g/mol. The summed E-state index contributed by atoms with van der Waals surface area (Å²) in [6, 6.07) is 5.36. The molecule has 0 amide bonds. The molecule has 19 heavy (non-hydrogen) atoms. The van der Waals surface area contributed by atoms with Gasteiger partial charge in [-0.2, -0.15) is 0 Å². The Kier molecular flexibility index (Phi) is 3.95. The van der Waals surface area contributed by atoms with Crippen molar-refractivity contribution in [3.8, 4) is 0 Å². The molecule has 0 saturated heterocycles. The molecule has 0 spiro atoms. The van der Waals surface area contributed by atoms with Gasteiger partial charge in [0.1, 0.15) is 5.82 Å². The van der Waals surface area contributed by atoms with Crippen LogP contribution in [-0.4, -0.2) is 12.1 Å². The molecule has 0 aromatic heterocycles. The van der Waals surface area contributed by atoms with E-state index >= 15 is 0 Å². The molecule has 3 heteroatoms. The lowest BCUT2D eigenvalue weighted by Crippen LogP contribution is -2.54. The fourth-order valence-electron chi connectivity index (χ4n) is 2.85. The van der Waals surface area contributed by atoms with Gasteiger partial charge in [0, 0.05) is 17.5 Å². The fourth-order valence-corrected chi connectivity index (χ4v) is 3.03. The van der Waals surface area contributed by atoms with E-state index in [9.17, 15) is 4.39 Å². The maximum atomic E-state index is 14.4. The van der Waals surface area contributed by atoms with Gasteiger partial charge >= 0.3 is 0 Å². The van der Waals surface area contributed by atoms with Crippen LogP contribution in [-0.2, 0) is 5.41 Å². The van der Waals surface area contributed by atoms with Gasteiger partial charge in [-0.1, -0.05) is 30.7 Å². The maximum Gasteiger partial charge on any atom is 0.145 e. The van der Waals surface area contributed by atoms with Crippen molar-refractivity contribution in [2.75, 3.05) is 6.54 Å². The third kappa shape index (κ3) is 2.80. The third-order valence-electron chi connectivity index (χ3n) is 4.39. The lowest BCUT2D eigenvalue weighted by molar-refractivity contribution is 0.119. The topological polar surface area (TPSA) is 12.0 Å². The molecule has 1 aromatic carbocycles. The summed E-state index contributed by atoms with van der Waals surface area (Å²) < 4.78 is 14.4. The van der Waals surface area contributed by atoms with Crippen LogP contribution in [0.4, 0.5) is 4.39 Å². The first kappa shape index (κ1) is 14.8. The fraction of sp³-hybridized carbons (Fsp3) is 0.625. The zero-order valence-electron chi connectivity index (χ0n) is 12.2. The average molecular weight is 284 g/mol. The molecule has 1 aliphatic carbocycles. The van der Waals surface area contributed by atoms with Crippen molar-refractivity contribution in [2.24, 2.45) is 5.92 Å². The van der Waals surface area contributed by atoms with Crippen LogP contribution in [0.25, 0.3) is 0 Å². The van der Waals surface area contributed by atoms with Crippen LogP contribution in [0.3, 0.4) is 0 Å². The largest absolute Gasteiger partial charge is 0.311 e. The van der Waals surface area contributed by atoms with E-state index < -0.39 is 0 Å². The van der Waals surface area contributed by atoms with Crippen LogP contribution >= 0.6 is 11.6 Å². The van der Waals surface area contributed by atoms with Gasteiger partial charge in [-0.3, -0.25) is 0 Å². The summed E-state index contributed by atoms with van der Waals surface area (Å²) in [4.78, 5) is 0. The number of benzene rings is 1. The van der Waals surface area contributed by atoms with Crippen LogP contribution in [0.15, 0.2) is 18.2 Å². The summed E-state index contributed by atoms with van der Waals surface area (Å²) >= 11 is 5.94. The Bertz CT molecular complexity index is 466. The molecule has 0 bridgehead atoms. The van der Waals surface area contributed by atoms with Crippen molar-refractivity contribution in [3.63, 3.8) is 0 Å². The Balaban J connectivity index is 2.32. The molecule has 0 heterocycles. The number of rotatable bonds is 3. The molecular formula is C16H23ClFN. The minimum atomic E-state index is -0.244. The molecule has 1 saturated carbocycles. The molecular weight excluding hydrogens is 261 g/mol. The molecule has 2 unspecified atom stereocenters. The second-order valence-electron chi connectivity index (χ2n) is 6.80. The van der Waals surface area contributed by atoms with Crippen molar-refractivity contribution >= 4 is 11.6 Å². The van der Waals surface area contributed by atoms with Gasteiger partial charge in [0.15, 0.2) is 0 Å². The van der Waals surface area contributed by atoms with Crippen LogP contribution in [0.5, 0.6) is 0 Å². The smallest absolute Gasteiger partial charge is 0.145 e. The predicted molar refractivity (Wildman–Crippen MR) is 79.2 cm³/mol. The highest BCUT2D eigenvalue weighted by Crippen LogP contribution is 2.49. The van der Waals surface area contributed by atoms with Crippen molar-refractivity contribution < 1.29 is 4.39 Å². The Morgan fingerprint density at radius 1 is 1.42 bits per heavy atom. The van der Waals surface area contributed by atoms with Crippen LogP contribution in [0.1, 0.15) is 46.1 Å². The van der Waals surface area contributed by atoms with E-state index in [-0.39, 0.29) is 21.8 Å². The molecule has 1 fully saturated rings. The lowest BCUT2D eigenvalue weighted by atomic mass is 9.57.